The predicted molar refractivity (Wildman–Crippen MR) is 96.2 cm³/mol. The third kappa shape index (κ3) is 3.18. The lowest BCUT2D eigenvalue weighted by Gasteiger charge is -2.16. The lowest BCUT2D eigenvalue weighted by Crippen LogP contribution is -2.09. The van der Waals surface area contributed by atoms with Crippen LogP contribution >= 0.6 is 0 Å². The molecule has 0 unspecified atom stereocenters. The Balaban J connectivity index is 2.28. The first-order valence-electron chi connectivity index (χ1n) is 8.21. The van der Waals surface area contributed by atoms with Crippen LogP contribution in [0, 0.1) is 0 Å². The number of carboxylic acids is 1. The van der Waals surface area contributed by atoms with Crippen LogP contribution in [0.4, 0.5) is 0 Å². The predicted octanol–water partition coefficient (Wildman–Crippen LogP) is 3.85. The van der Waals surface area contributed by atoms with Crippen LogP contribution < -0.4 is 0 Å². The van der Waals surface area contributed by atoms with E-state index in [1.807, 2.05) is 30.5 Å². The summed E-state index contributed by atoms with van der Waals surface area (Å²) in [6.45, 7) is 4.43. The van der Waals surface area contributed by atoms with Crippen molar-refractivity contribution >= 4 is 16.9 Å². The van der Waals surface area contributed by atoms with Gasteiger partial charge in [-0.2, -0.15) is 0 Å². The topological polar surface area (TPSA) is 82.7 Å². The molecule has 1 heterocycles. The average Bonchev–Trinajstić information content (AvgIpc) is 2.82. The van der Waals surface area contributed by atoms with Crippen molar-refractivity contribution in [1.29, 1.82) is 0 Å². The van der Waals surface area contributed by atoms with Crippen LogP contribution in [0.15, 0.2) is 42.5 Å². The number of carboxylic acid groups (broad SMARTS) is 1. The van der Waals surface area contributed by atoms with E-state index in [1.165, 1.54) is 0 Å². The van der Waals surface area contributed by atoms with Crippen molar-refractivity contribution in [1.82, 2.24) is 4.57 Å². The van der Waals surface area contributed by atoms with Crippen LogP contribution in [-0.4, -0.2) is 25.9 Å². The Hall–Kier alpha value is -2.95. The molecule has 2 aromatic carbocycles. The molecule has 5 nitrogen and oxygen atoms in total. The van der Waals surface area contributed by atoms with E-state index in [4.69, 9.17) is 0 Å². The Labute approximate surface area is 145 Å². The molecule has 3 aromatic rings. The molecule has 0 saturated heterocycles. The minimum Gasteiger partial charge on any atom is -0.508 e. The Bertz CT molecular complexity index is 940. The highest BCUT2D eigenvalue weighted by Crippen LogP contribution is 2.35. The van der Waals surface area contributed by atoms with E-state index in [-0.39, 0.29) is 23.8 Å². The van der Waals surface area contributed by atoms with Gasteiger partial charge in [-0.3, -0.25) is 4.79 Å². The summed E-state index contributed by atoms with van der Waals surface area (Å²) in [7, 11) is 0. The number of aliphatic carboxylic acids is 1. The van der Waals surface area contributed by atoms with Crippen molar-refractivity contribution in [2.45, 2.75) is 32.7 Å². The number of benzene rings is 2. The number of hydrogen-bond acceptors (Lipinski definition) is 3. The molecular weight excluding hydrogens is 318 g/mol. The smallest absolute Gasteiger partial charge is 0.307 e. The highest BCUT2D eigenvalue weighted by atomic mass is 16.4. The Kier molecular flexibility index (Phi) is 4.40. The van der Waals surface area contributed by atoms with Gasteiger partial charge in [0.15, 0.2) is 0 Å². The van der Waals surface area contributed by atoms with E-state index in [9.17, 15) is 20.1 Å². The number of phenolic OH excluding ortho intramolecular Hbond substituents is 2. The number of nitrogens with zero attached hydrogens (tertiary/aromatic N) is 1. The lowest BCUT2D eigenvalue weighted by molar-refractivity contribution is -0.136. The van der Waals surface area contributed by atoms with E-state index in [2.05, 4.69) is 0 Å². The van der Waals surface area contributed by atoms with Gasteiger partial charge in [0.2, 0.25) is 0 Å². The van der Waals surface area contributed by atoms with Crippen LogP contribution in [0.1, 0.15) is 36.6 Å². The molecule has 0 fully saturated rings. The zero-order valence-electron chi connectivity index (χ0n) is 14.2. The number of rotatable bonds is 5. The molecule has 0 aliphatic heterocycles. The van der Waals surface area contributed by atoms with E-state index in [0.29, 0.717) is 6.54 Å². The van der Waals surface area contributed by atoms with Gasteiger partial charge in [-0.15, -0.1) is 0 Å². The second-order valence-corrected chi connectivity index (χ2v) is 6.51. The first-order valence-corrected chi connectivity index (χ1v) is 8.21. The summed E-state index contributed by atoms with van der Waals surface area (Å²) in [5.41, 5.74) is 3.17. The molecule has 0 aliphatic rings. The van der Waals surface area contributed by atoms with E-state index in [0.717, 1.165) is 27.7 Å². The molecule has 130 valence electrons. The van der Waals surface area contributed by atoms with Gasteiger partial charge in [-0.05, 0) is 29.7 Å². The van der Waals surface area contributed by atoms with Crippen molar-refractivity contribution < 1.29 is 20.1 Å². The number of carbonyl (C=O) groups is 1. The standard InChI is InChI=1S/C20H21NO4/c1-12(2)20-16(10-19(24)25)15-8-7-14(22)9-17(15)21(20)11-13-5-3-4-6-18(13)23/h3-9,12,22-23H,10-11H2,1-2H3,(H,24,25). The van der Waals surface area contributed by atoms with Gasteiger partial charge >= 0.3 is 5.97 Å². The first-order chi connectivity index (χ1) is 11.9. The zero-order valence-corrected chi connectivity index (χ0v) is 14.2. The fourth-order valence-electron chi connectivity index (χ4n) is 3.41. The summed E-state index contributed by atoms with van der Waals surface area (Å²) < 4.78 is 1.99. The van der Waals surface area contributed by atoms with E-state index < -0.39 is 5.97 Å². The van der Waals surface area contributed by atoms with Crippen molar-refractivity contribution in [3.8, 4) is 11.5 Å². The maximum absolute atomic E-state index is 11.4. The highest BCUT2D eigenvalue weighted by molar-refractivity contribution is 5.90. The molecule has 25 heavy (non-hydrogen) atoms. The van der Waals surface area contributed by atoms with Gasteiger partial charge in [0.25, 0.3) is 0 Å². The van der Waals surface area contributed by atoms with Gasteiger partial charge < -0.3 is 19.9 Å². The van der Waals surface area contributed by atoms with Gasteiger partial charge in [-0.1, -0.05) is 32.0 Å². The van der Waals surface area contributed by atoms with E-state index >= 15 is 0 Å². The summed E-state index contributed by atoms with van der Waals surface area (Å²) in [4.78, 5) is 11.4. The molecule has 0 radical (unpaired) electrons. The molecule has 5 heteroatoms. The van der Waals surface area contributed by atoms with Gasteiger partial charge in [-0.25, -0.2) is 0 Å². The fourth-order valence-corrected chi connectivity index (χ4v) is 3.41. The fraction of sp³-hybridized carbons (Fsp3) is 0.250. The van der Waals surface area contributed by atoms with Crippen molar-refractivity contribution in [2.24, 2.45) is 0 Å². The zero-order chi connectivity index (χ0) is 18.1. The third-order valence-corrected chi connectivity index (χ3v) is 4.39. The quantitative estimate of drug-likeness (QED) is 0.659. The Morgan fingerprint density at radius 3 is 2.48 bits per heavy atom. The third-order valence-electron chi connectivity index (χ3n) is 4.39. The average molecular weight is 339 g/mol. The number of hydrogen-bond donors (Lipinski definition) is 3. The van der Waals surface area contributed by atoms with Gasteiger partial charge in [0, 0.05) is 22.7 Å². The Morgan fingerprint density at radius 2 is 1.84 bits per heavy atom. The van der Waals surface area contributed by atoms with Crippen LogP contribution in [0.3, 0.4) is 0 Å². The molecule has 1 aromatic heterocycles. The van der Waals surface area contributed by atoms with Crippen LogP contribution in [0.25, 0.3) is 10.9 Å². The van der Waals surface area contributed by atoms with Crippen LogP contribution in [0.2, 0.25) is 0 Å². The number of para-hydroxylation sites is 1. The monoisotopic (exact) mass is 339 g/mol. The summed E-state index contributed by atoms with van der Waals surface area (Å²) in [6.07, 6.45) is -0.0808. The summed E-state index contributed by atoms with van der Waals surface area (Å²) >= 11 is 0. The minimum absolute atomic E-state index is 0.0808. The highest BCUT2D eigenvalue weighted by Gasteiger charge is 2.22. The second kappa shape index (κ2) is 6.51. The molecule has 0 saturated carbocycles. The molecule has 0 bridgehead atoms. The van der Waals surface area contributed by atoms with E-state index in [1.54, 1.807) is 30.3 Å². The molecular formula is C20H21NO4. The largest absolute Gasteiger partial charge is 0.508 e. The molecule has 3 N–H and O–H groups in total. The number of fused-ring (bicyclic) bond motifs is 1. The first kappa shape index (κ1) is 16.9. The molecule has 3 rings (SSSR count). The van der Waals surface area contributed by atoms with Crippen molar-refractivity contribution in [2.75, 3.05) is 0 Å². The number of aromatic nitrogens is 1. The molecule has 0 atom stereocenters. The summed E-state index contributed by atoms with van der Waals surface area (Å²) in [5, 5.41) is 30.2. The summed E-state index contributed by atoms with van der Waals surface area (Å²) in [6, 6.07) is 12.1. The molecule has 0 spiro atoms. The normalized spacial score (nSPS) is 11.3. The van der Waals surface area contributed by atoms with Crippen molar-refractivity contribution in [3.05, 3.63) is 59.3 Å². The van der Waals surface area contributed by atoms with Crippen LogP contribution in [0.5, 0.6) is 11.5 Å². The lowest BCUT2D eigenvalue weighted by atomic mass is 10.0. The van der Waals surface area contributed by atoms with Gasteiger partial charge in [0.05, 0.1) is 18.5 Å². The number of aromatic hydroxyl groups is 2. The van der Waals surface area contributed by atoms with Gasteiger partial charge in [0.1, 0.15) is 11.5 Å². The molecule has 0 amide bonds. The SMILES string of the molecule is CC(C)c1c(CC(=O)O)c2ccc(O)cc2n1Cc1ccccc1O. The Morgan fingerprint density at radius 1 is 1.12 bits per heavy atom. The summed E-state index contributed by atoms with van der Waals surface area (Å²) in [5.74, 6) is -0.481. The maximum Gasteiger partial charge on any atom is 0.307 e. The molecule has 0 aliphatic carbocycles. The number of phenols is 2. The maximum atomic E-state index is 11.4. The van der Waals surface area contributed by atoms with Crippen LogP contribution in [-0.2, 0) is 17.8 Å². The van der Waals surface area contributed by atoms with Crippen molar-refractivity contribution in [3.63, 3.8) is 0 Å². The second-order valence-electron chi connectivity index (χ2n) is 6.51. The minimum atomic E-state index is -0.892.